The van der Waals surface area contributed by atoms with E-state index in [0.29, 0.717) is 25.3 Å². The molecule has 1 aromatic rings. The van der Waals surface area contributed by atoms with Crippen LogP contribution in [-0.4, -0.2) is 40.5 Å². The Morgan fingerprint density at radius 2 is 2.44 bits per heavy atom. The SMILES string of the molecule is CCCOC(C)C(Cc1nc[nH]n1)OC=O. The van der Waals surface area contributed by atoms with E-state index in [1.807, 2.05) is 13.8 Å². The van der Waals surface area contributed by atoms with Gasteiger partial charge in [0.25, 0.3) is 6.47 Å². The summed E-state index contributed by atoms with van der Waals surface area (Å²) in [7, 11) is 0. The van der Waals surface area contributed by atoms with E-state index in [-0.39, 0.29) is 12.2 Å². The highest BCUT2D eigenvalue weighted by molar-refractivity contribution is 5.37. The van der Waals surface area contributed by atoms with Gasteiger partial charge in [0.15, 0.2) is 5.82 Å². The van der Waals surface area contributed by atoms with Gasteiger partial charge in [-0.25, -0.2) is 4.98 Å². The summed E-state index contributed by atoms with van der Waals surface area (Å²) in [5.74, 6) is 0.610. The zero-order valence-electron chi connectivity index (χ0n) is 9.55. The molecule has 0 saturated carbocycles. The molecule has 0 aliphatic heterocycles. The third kappa shape index (κ3) is 3.98. The summed E-state index contributed by atoms with van der Waals surface area (Å²) >= 11 is 0. The molecule has 90 valence electrons. The molecule has 16 heavy (non-hydrogen) atoms. The molecule has 0 aliphatic carbocycles. The Morgan fingerprint density at radius 1 is 1.62 bits per heavy atom. The van der Waals surface area contributed by atoms with E-state index in [0.717, 1.165) is 6.42 Å². The van der Waals surface area contributed by atoms with Crippen LogP contribution in [0, 0.1) is 0 Å². The van der Waals surface area contributed by atoms with Crippen molar-refractivity contribution in [3.8, 4) is 0 Å². The van der Waals surface area contributed by atoms with Crippen LogP contribution >= 0.6 is 0 Å². The standard InChI is InChI=1S/C10H17N3O3/c1-3-4-15-8(2)9(16-7-14)5-10-11-6-12-13-10/h6-9H,3-5H2,1-2H3,(H,11,12,13). The van der Waals surface area contributed by atoms with Crippen molar-refractivity contribution in [1.29, 1.82) is 0 Å². The largest absolute Gasteiger partial charge is 0.461 e. The quantitative estimate of drug-likeness (QED) is 0.661. The third-order valence-electron chi connectivity index (χ3n) is 2.19. The first kappa shape index (κ1) is 12.6. The molecular formula is C10H17N3O3. The first-order chi connectivity index (χ1) is 7.77. The predicted octanol–water partition coefficient (Wildman–Crippen LogP) is 0.704. The van der Waals surface area contributed by atoms with Crippen molar-refractivity contribution in [1.82, 2.24) is 15.2 Å². The fourth-order valence-corrected chi connectivity index (χ4v) is 1.32. The van der Waals surface area contributed by atoms with Crippen LogP contribution in [-0.2, 0) is 20.7 Å². The van der Waals surface area contributed by atoms with Crippen LogP contribution in [0.1, 0.15) is 26.1 Å². The molecule has 1 aromatic heterocycles. The number of nitrogens with one attached hydrogen (secondary N) is 1. The summed E-state index contributed by atoms with van der Waals surface area (Å²) in [6, 6.07) is 0. The van der Waals surface area contributed by atoms with Gasteiger partial charge in [0.05, 0.1) is 6.10 Å². The molecule has 0 bridgehead atoms. The number of rotatable bonds is 8. The Labute approximate surface area is 94.4 Å². The van der Waals surface area contributed by atoms with E-state index in [9.17, 15) is 4.79 Å². The molecule has 6 heteroatoms. The maximum absolute atomic E-state index is 10.4. The Balaban J connectivity index is 2.48. The van der Waals surface area contributed by atoms with Gasteiger partial charge in [-0.15, -0.1) is 0 Å². The van der Waals surface area contributed by atoms with E-state index in [4.69, 9.17) is 9.47 Å². The fourth-order valence-electron chi connectivity index (χ4n) is 1.32. The normalized spacial score (nSPS) is 14.4. The number of H-pyrrole nitrogens is 1. The zero-order chi connectivity index (χ0) is 11.8. The summed E-state index contributed by atoms with van der Waals surface area (Å²) in [4.78, 5) is 14.4. The topological polar surface area (TPSA) is 77.1 Å². The number of hydrogen-bond donors (Lipinski definition) is 1. The lowest BCUT2D eigenvalue weighted by Gasteiger charge is -2.21. The second-order valence-corrected chi connectivity index (χ2v) is 3.47. The van der Waals surface area contributed by atoms with Gasteiger partial charge in [0.2, 0.25) is 0 Å². The molecule has 0 aromatic carbocycles. The number of carbonyl (C=O) groups excluding carboxylic acids is 1. The highest BCUT2D eigenvalue weighted by Crippen LogP contribution is 2.08. The molecular weight excluding hydrogens is 210 g/mol. The van der Waals surface area contributed by atoms with Gasteiger partial charge in [0.1, 0.15) is 12.4 Å². The molecule has 1 rings (SSSR count). The van der Waals surface area contributed by atoms with Crippen molar-refractivity contribution in [2.75, 3.05) is 6.61 Å². The predicted molar refractivity (Wildman–Crippen MR) is 56.7 cm³/mol. The van der Waals surface area contributed by atoms with Crippen molar-refractivity contribution < 1.29 is 14.3 Å². The van der Waals surface area contributed by atoms with Crippen molar-refractivity contribution in [2.45, 2.75) is 38.9 Å². The van der Waals surface area contributed by atoms with E-state index < -0.39 is 0 Å². The van der Waals surface area contributed by atoms with E-state index in [1.54, 1.807) is 0 Å². The van der Waals surface area contributed by atoms with Crippen LogP contribution in [0.2, 0.25) is 0 Å². The minimum Gasteiger partial charge on any atom is -0.461 e. The van der Waals surface area contributed by atoms with Gasteiger partial charge in [-0.3, -0.25) is 9.89 Å². The number of nitrogens with zero attached hydrogens (tertiary/aromatic N) is 2. The Hall–Kier alpha value is -1.43. The van der Waals surface area contributed by atoms with E-state index in [2.05, 4.69) is 15.2 Å². The number of aromatic amines is 1. The van der Waals surface area contributed by atoms with Crippen LogP contribution in [0.4, 0.5) is 0 Å². The highest BCUT2D eigenvalue weighted by Gasteiger charge is 2.21. The molecule has 0 fully saturated rings. The second-order valence-electron chi connectivity index (χ2n) is 3.47. The summed E-state index contributed by atoms with van der Waals surface area (Å²) in [6.07, 6.45) is 2.36. The molecule has 2 unspecified atom stereocenters. The van der Waals surface area contributed by atoms with Crippen LogP contribution in [0.5, 0.6) is 0 Å². The van der Waals surface area contributed by atoms with Crippen molar-refractivity contribution >= 4 is 6.47 Å². The monoisotopic (exact) mass is 227 g/mol. The van der Waals surface area contributed by atoms with Gasteiger partial charge in [-0.1, -0.05) is 6.92 Å². The Kier molecular flexibility index (Phi) is 5.49. The summed E-state index contributed by atoms with van der Waals surface area (Å²) in [6.45, 7) is 4.98. The molecule has 2 atom stereocenters. The summed E-state index contributed by atoms with van der Waals surface area (Å²) < 4.78 is 10.5. The van der Waals surface area contributed by atoms with Crippen LogP contribution in [0.3, 0.4) is 0 Å². The van der Waals surface area contributed by atoms with E-state index >= 15 is 0 Å². The molecule has 0 aliphatic rings. The minimum atomic E-state index is -0.347. The molecule has 0 spiro atoms. The summed E-state index contributed by atoms with van der Waals surface area (Å²) in [5.41, 5.74) is 0. The molecule has 1 N–H and O–H groups in total. The highest BCUT2D eigenvalue weighted by atomic mass is 16.6. The molecule has 0 radical (unpaired) electrons. The fraction of sp³-hybridized carbons (Fsp3) is 0.700. The number of carbonyl (C=O) groups is 1. The van der Waals surface area contributed by atoms with Crippen LogP contribution in [0.25, 0.3) is 0 Å². The molecule has 6 nitrogen and oxygen atoms in total. The van der Waals surface area contributed by atoms with Gasteiger partial charge >= 0.3 is 0 Å². The first-order valence-electron chi connectivity index (χ1n) is 5.33. The number of hydrogen-bond acceptors (Lipinski definition) is 5. The molecule has 0 saturated heterocycles. The maximum atomic E-state index is 10.4. The van der Waals surface area contributed by atoms with E-state index in [1.165, 1.54) is 6.33 Å². The average Bonchev–Trinajstić information content (AvgIpc) is 2.78. The summed E-state index contributed by atoms with van der Waals surface area (Å²) in [5, 5.41) is 6.53. The Bertz CT molecular complexity index is 290. The van der Waals surface area contributed by atoms with Gasteiger partial charge in [-0.2, -0.15) is 5.10 Å². The minimum absolute atomic E-state index is 0.163. The number of aromatic nitrogens is 3. The van der Waals surface area contributed by atoms with Crippen molar-refractivity contribution in [3.63, 3.8) is 0 Å². The zero-order valence-corrected chi connectivity index (χ0v) is 9.55. The lowest BCUT2D eigenvalue weighted by molar-refractivity contribution is -0.141. The first-order valence-corrected chi connectivity index (χ1v) is 5.33. The van der Waals surface area contributed by atoms with Crippen molar-refractivity contribution in [3.05, 3.63) is 12.2 Å². The average molecular weight is 227 g/mol. The van der Waals surface area contributed by atoms with Crippen LogP contribution < -0.4 is 0 Å². The van der Waals surface area contributed by atoms with Gasteiger partial charge in [0, 0.05) is 13.0 Å². The van der Waals surface area contributed by atoms with Crippen molar-refractivity contribution in [2.24, 2.45) is 0 Å². The maximum Gasteiger partial charge on any atom is 0.293 e. The van der Waals surface area contributed by atoms with Crippen LogP contribution in [0.15, 0.2) is 6.33 Å². The lowest BCUT2D eigenvalue weighted by atomic mass is 10.1. The number of ether oxygens (including phenoxy) is 2. The smallest absolute Gasteiger partial charge is 0.293 e. The van der Waals surface area contributed by atoms with Gasteiger partial charge in [-0.05, 0) is 13.3 Å². The third-order valence-corrected chi connectivity index (χ3v) is 2.19. The molecule has 0 amide bonds. The van der Waals surface area contributed by atoms with Gasteiger partial charge < -0.3 is 9.47 Å². The lowest BCUT2D eigenvalue weighted by Crippen LogP contribution is -2.31. The Morgan fingerprint density at radius 3 is 3.00 bits per heavy atom. The molecule has 1 heterocycles. The second kappa shape index (κ2) is 6.95.